The van der Waals surface area contributed by atoms with Gasteiger partial charge in [0, 0.05) is 34.2 Å². The number of amides is 1. The molecule has 0 radical (unpaired) electrons. The van der Waals surface area contributed by atoms with E-state index in [0.717, 1.165) is 11.1 Å². The summed E-state index contributed by atoms with van der Waals surface area (Å²) < 4.78 is 7.44. The predicted molar refractivity (Wildman–Crippen MR) is 92.7 cm³/mol. The second-order valence-corrected chi connectivity index (χ2v) is 5.70. The molecule has 0 fully saturated rings. The summed E-state index contributed by atoms with van der Waals surface area (Å²) in [5.74, 6) is -0.0661. The predicted octanol–water partition coefficient (Wildman–Crippen LogP) is 4.52. The van der Waals surface area contributed by atoms with Crippen molar-refractivity contribution >= 4 is 34.2 Å². The number of rotatable bonds is 3. The largest absolute Gasteiger partial charge is 0.451 e. The molecule has 4 aromatic rings. The van der Waals surface area contributed by atoms with Gasteiger partial charge in [0.25, 0.3) is 5.91 Å². The van der Waals surface area contributed by atoms with Crippen LogP contribution in [0.5, 0.6) is 0 Å². The molecule has 2 aromatic heterocycles. The third kappa shape index (κ3) is 2.77. The summed E-state index contributed by atoms with van der Waals surface area (Å²) in [6.07, 6.45) is 5.28. The number of nitrogens with zero attached hydrogens (tertiary/aromatic N) is 2. The maximum absolute atomic E-state index is 12.3. The summed E-state index contributed by atoms with van der Waals surface area (Å²) in [6.45, 7) is 0. The molecular formula is C18H12ClN3O2. The summed E-state index contributed by atoms with van der Waals surface area (Å²) in [7, 11) is 0. The number of imidazole rings is 1. The van der Waals surface area contributed by atoms with E-state index in [1.807, 2.05) is 35.0 Å². The molecule has 0 bridgehead atoms. The number of carbonyl (C=O) groups excluding carboxylic acids is 1. The molecular weight excluding hydrogens is 326 g/mol. The molecule has 0 saturated carbocycles. The Hall–Kier alpha value is -3.05. The zero-order chi connectivity index (χ0) is 16.5. The van der Waals surface area contributed by atoms with E-state index in [1.165, 1.54) is 0 Å². The molecule has 0 aliphatic carbocycles. The first-order chi connectivity index (χ1) is 11.7. The van der Waals surface area contributed by atoms with Gasteiger partial charge in [-0.3, -0.25) is 4.79 Å². The van der Waals surface area contributed by atoms with Crippen LogP contribution in [0.2, 0.25) is 5.02 Å². The topological polar surface area (TPSA) is 60.1 Å². The molecule has 0 saturated heterocycles. The molecule has 4 rings (SSSR count). The number of aromatic nitrogens is 2. The summed E-state index contributed by atoms with van der Waals surface area (Å²) in [6, 6.07) is 14.4. The maximum Gasteiger partial charge on any atom is 0.291 e. The Balaban J connectivity index is 1.54. The average molecular weight is 338 g/mol. The zero-order valence-corrected chi connectivity index (χ0v) is 13.2. The molecule has 5 nitrogen and oxygen atoms in total. The summed E-state index contributed by atoms with van der Waals surface area (Å²) in [5.41, 5.74) is 2.27. The fraction of sp³-hybridized carbons (Fsp3) is 0. The van der Waals surface area contributed by atoms with E-state index < -0.39 is 0 Å². The molecule has 2 aromatic carbocycles. The van der Waals surface area contributed by atoms with Crippen LogP contribution in [0.1, 0.15) is 10.6 Å². The number of carbonyl (C=O) groups is 1. The molecule has 0 aliphatic rings. The fourth-order valence-corrected chi connectivity index (χ4v) is 2.63. The lowest BCUT2D eigenvalue weighted by Crippen LogP contribution is -2.10. The van der Waals surface area contributed by atoms with Crippen LogP contribution in [0.3, 0.4) is 0 Å². The lowest BCUT2D eigenvalue weighted by Gasteiger charge is -2.05. The molecule has 1 N–H and O–H groups in total. The Morgan fingerprint density at radius 2 is 1.96 bits per heavy atom. The van der Waals surface area contributed by atoms with Gasteiger partial charge in [0.05, 0.1) is 6.33 Å². The van der Waals surface area contributed by atoms with Gasteiger partial charge >= 0.3 is 0 Å². The van der Waals surface area contributed by atoms with Crippen LogP contribution in [0.4, 0.5) is 5.69 Å². The molecule has 1 amide bonds. The normalized spacial score (nSPS) is 10.9. The van der Waals surface area contributed by atoms with E-state index in [0.29, 0.717) is 16.3 Å². The number of halogens is 1. The van der Waals surface area contributed by atoms with Crippen LogP contribution in [0.25, 0.3) is 16.7 Å². The van der Waals surface area contributed by atoms with E-state index in [1.54, 1.807) is 36.8 Å². The van der Waals surface area contributed by atoms with Gasteiger partial charge in [-0.1, -0.05) is 11.6 Å². The summed E-state index contributed by atoms with van der Waals surface area (Å²) in [4.78, 5) is 16.3. The van der Waals surface area contributed by atoms with Gasteiger partial charge in [0.15, 0.2) is 5.76 Å². The highest BCUT2D eigenvalue weighted by atomic mass is 35.5. The molecule has 118 valence electrons. The van der Waals surface area contributed by atoms with Gasteiger partial charge in [-0.15, -0.1) is 0 Å². The van der Waals surface area contributed by atoms with Crippen molar-refractivity contribution < 1.29 is 9.21 Å². The molecule has 0 unspecified atom stereocenters. The van der Waals surface area contributed by atoms with Crippen molar-refractivity contribution in [1.29, 1.82) is 0 Å². The van der Waals surface area contributed by atoms with E-state index in [9.17, 15) is 4.79 Å². The van der Waals surface area contributed by atoms with Crippen LogP contribution < -0.4 is 5.32 Å². The maximum atomic E-state index is 12.3. The smallest absolute Gasteiger partial charge is 0.291 e. The fourth-order valence-electron chi connectivity index (χ4n) is 2.45. The first-order valence-electron chi connectivity index (χ1n) is 7.28. The monoisotopic (exact) mass is 337 g/mol. The minimum Gasteiger partial charge on any atom is -0.451 e. The van der Waals surface area contributed by atoms with E-state index in [2.05, 4.69) is 10.3 Å². The highest BCUT2D eigenvalue weighted by Crippen LogP contribution is 2.24. The Kier molecular flexibility index (Phi) is 3.55. The average Bonchev–Trinajstić information content (AvgIpc) is 3.24. The third-order valence-corrected chi connectivity index (χ3v) is 3.86. The highest BCUT2D eigenvalue weighted by Gasteiger charge is 2.13. The third-order valence-electron chi connectivity index (χ3n) is 3.63. The van der Waals surface area contributed by atoms with Gasteiger partial charge in [0.2, 0.25) is 0 Å². The van der Waals surface area contributed by atoms with Gasteiger partial charge in [-0.05, 0) is 48.5 Å². The molecule has 0 spiro atoms. The van der Waals surface area contributed by atoms with E-state index >= 15 is 0 Å². The number of hydrogen-bond donors (Lipinski definition) is 1. The molecule has 0 aliphatic heterocycles. The summed E-state index contributed by atoms with van der Waals surface area (Å²) in [5, 5.41) is 4.21. The van der Waals surface area contributed by atoms with Gasteiger partial charge < -0.3 is 14.3 Å². The Bertz CT molecular complexity index is 1000. The Labute approximate surface area is 142 Å². The summed E-state index contributed by atoms with van der Waals surface area (Å²) >= 11 is 5.95. The van der Waals surface area contributed by atoms with Crippen LogP contribution in [-0.2, 0) is 0 Å². The van der Waals surface area contributed by atoms with Crippen LogP contribution in [-0.4, -0.2) is 15.5 Å². The number of nitrogens with one attached hydrogen (secondary N) is 1. The SMILES string of the molecule is O=C(Nc1ccc(-n2ccnc2)cc1)c1cc2cc(Cl)ccc2o1. The second-order valence-electron chi connectivity index (χ2n) is 5.26. The van der Waals surface area contributed by atoms with Crippen molar-refractivity contribution in [3.8, 4) is 5.69 Å². The van der Waals surface area contributed by atoms with Crippen molar-refractivity contribution in [1.82, 2.24) is 9.55 Å². The quantitative estimate of drug-likeness (QED) is 0.597. The lowest BCUT2D eigenvalue weighted by molar-refractivity contribution is 0.0998. The Morgan fingerprint density at radius 3 is 2.71 bits per heavy atom. The van der Waals surface area contributed by atoms with E-state index in [4.69, 9.17) is 16.0 Å². The first kappa shape index (κ1) is 14.5. The highest BCUT2D eigenvalue weighted by molar-refractivity contribution is 6.31. The van der Waals surface area contributed by atoms with Gasteiger partial charge in [0.1, 0.15) is 5.58 Å². The number of anilines is 1. The number of hydrogen-bond acceptors (Lipinski definition) is 3. The minimum atomic E-state index is -0.308. The van der Waals surface area contributed by atoms with Crippen molar-refractivity contribution in [2.75, 3.05) is 5.32 Å². The van der Waals surface area contributed by atoms with Crippen LogP contribution in [0, 0.1) is 0 Å². The van der Waals surface area contributed by atoms with Crippen LogP contribution in [0.15, 0.2) is 71.7 Å². The zero-order valence-electron chi connectivity index (χ0n) is 12.4. The number of benzene rings is 2. The van der Waals surface area contributed by atoms with Crippen molar-refractivity contribution in [2.45, 2.75) is 0 Å². The second kappa shape index (κ2) is 5.86. The molecule has 6 heteroatoms. The number of furan rings is 1. The minimum absolute atomic E-state index is 0.242. The molecule has 24 heavy (non-hydrogen) atoms. The van der Waals surface area contributed by atoms with Crippen molar-refractivity contribution in [2.24, 2.45) is 0 Å². The lowest BCUT2D eigenvalue weighted by atomic mass is 10.2. The molecule has 2 heterocycles. The van der Waals surface area contributed by atoms with Crippen molar-refractivity contribution in [3.05, 3.63) is 78.0 Å². The standard InChI is InChI=1S/C18H12ClN3O2/c19-13-1-6-16-12(9-13)10-17(24-16)18(23)21-14-2-4-15(5-3-14)22-8-7-20-11-22/h1-11H,(H,21,23). The van der Waals surface area contributed by atoms with Crippen LogP contribution >= 0.6 is 11.6 Å². The number of fused-ring (bicyclic) bond motifs is 1. The van der Waals surface area contributed by atoms with Gasteiger partial charge in [-0.25, -0.2) is 4.98 Å². The van der Waals surface area contributed by atoms with Crippen molar-refractivity contribution in [3.63, 3.8) is 0 Å². The molecule has 0 atom stereocenters. The first-order valence-corrected chi connectivity index (χ1v) is 7.66. The van der Waals surface area contributed by atoms with E-state index in [-0.39, 0.29) is 11.7 Å². The Morgan fingerprint density at radius 1 is 1.12 bits per heavy atom. The van der Waals surface area contributed by atoms with Gasteiger partial charge in [-0.2, -0.15) is 0 Å².